The van der Waals surface area contributed by atoms with Gasteiger partial charge >= 0.3 is 0 Å². The second-order valence-corrected chi connectivity index (χ2v) is 3.55. The standard InChI is InChI=1S/C10H11FN2O/c1-6(2)13-5-7(11)9-8(13)3-4-12-10(9)14/h3-6H,1-2H3,(H,12,14). The maximum Gasteiger partial charge on any atom is 0.260 e. The minimum absolute atomic E-state index is 0.140. The Morgan fingerprint density at radius 3 is 2.86 bits per heavy atom. The molecule has 0 atom stereocenters. The summed E-state index contributed by atoms with van der Waals surface area (Å²) >= 11 is 0. The molecule has 0 aromatic carbocycles. The van der Waals surface area contributed by atoms with Gasteiger partial charge in [0.1, 0.15) is 5.39 Å². The van der Waals surface area contributed by atoms with E-state index >= 15 is 0 Å². The molecule has 0 aliphatic carbocycles. The Kier molecular flexibility index (Phi) is 1.91. The van der Waals surface area contributed by atoms with Crippen LogP contribution in [0.5, 0.6) is 0 Å². The van der Waals surface area contributed by atoms with Crippen LogP contribution in [0, 0.1) is 5.82 Å². The first-order valence-electron chi connectivity index (χ1n) is 4.49. The van der Waals surface area contributed by atoms with Crippen molar-refractivity contribution < 1.29 is 4.39 Å². The van der Waals surface area contributed by atoms with Gasteiger partial charge in [0.05, 0.1) is 5.52 Å². The Bertz CT molecular complexity index is 524. The van der Waals surface area contributed by atoms with E-state index in [1.54, 1.807) is 10.6 Å². The van der Waals surface area contributed by atoms with Gasteiger partial charge in [-0.25, -0.2) is 4.39 Å². The molecule has 2 aromatic heterocycles. The van der Waals surface area contributed by atoms with Crippen molar-refractivity contribution in [3.8, 4) is 0 Å². The number of hydrogen-bond acceptors (Lipinski definition) is 1. The lowest BCUT2D eigenvalue weighted by Crippen LogP contribution is -2.06. The van der Waals surface area contributed by atoms with E-state index in [0.717, 1.165) is 0 Å². The lowest BCUT2D eigenvalue weighted by molar-refractivity contribution is 0.587. The summed E-state index contributed by atoms with van der Waals surface area (Å²) in [6.07, 6.45) is 2.90. The minimum Gasteiger partial charge on any atom is -0.342 e. The van der Waals surface area contributed by atoms with Gasteiger partial charge in [0.2, 0.25) is 0 Å². The number of nitrogens with one attached hydrogen (secondary N) is 1. The first kappa shape index (κ1) is 8.99. The molecular weight excluding hydrogens is 183 g/mol. The molecule has 1 N–H and O–H groups in total. The van der Waals surface area contributed by atoms with Gasteiger partial charge in [-0.05, 0) is 19.9 Å². The van der Waals surface area contributed by atoms with Crippen LogP contribution in [0.25, 0.3) is 10.9 Å². The second-order valence-electron chi connectivity index (χ2n) is 3.55. The summed E-state index contributed by atoms with van der Waals surface area (Å²) in [4.78, 5) is 13.8. The van der Waals surface area contributed by atoms with Crippen LogP contribution < -0.4 is 5.56 Å². The highest BCUT2D eigenvalue weighted by atomic mass is 19.1. The number of aromatic amines is 1. The van der Waals surface area contributed by atoms with Gasteiger partial charge in [0.15, 0.2) is 5.82 Å². The van der Waals surface area contributed by atoms with Crippen molar-refractivity contribution in [3.05, 3.63) is 34.6 Å². The van der Waals surface area contributed by atoms with Crippen molar-refractivity contribution in [2.45, 2.75) is 19.9 Å². The van der Waals surface area contributed by atoms with E-state index in [4.69, 9.17) is 0 Å². The Hall–Kier alpha value is -1.58. The fraction of sp³-hybridized carbons (Fsp3) is 0.300. The van der Waals surface area contributed by atoms with Crippen molar-refractivity contribution in [3.63, 3.8) is 0 Å². The number of halogens is 1. The molecule has 0 aliphatic rings. The van der Waals surface area contributed by atoms with Crippen LogP contribution >= 0.6 is 0 Å². The molecule has 0 aliphatic heterocycles. The molecular formula is C10H11FN2O. The van der Waals surface area contributed by atoms with Gasteiger partial charge in [-0.1, -0.05) is 0 Å². The first-order chi connectivity index (χ1) is 6.61. The van der Waals surface area contributed by atoms with Gasteiger partial charge in [-0.2, -0.15) is 0 Å². The van der Waals surface area contributed by atoms with Crippen molar-refractivity contribution in [2.75, 3.05) is 0 Å². The van der Waals surface area contributed by atoms with Crippen LogP contribution in [0.2, 0.25) is 0 Å². The van der Waals surface area contributed by atoms with Gasteiger partial charge in [0.25, 0.3) is 5.56 Å². The number of H-pyrrole nitrogens is 1. The maximum atomic E-state index is 13.4. The highest BCUT2D eigenvalue weighted by Crippen LogP contribution is 2.19. The van der Waals surface area contributed by atoms with E-state index in [2.05, 4.69) is 4.98 Å². The summed E-state index contributed by atoms with van der Waals surface area (Å²) in [5.74, 6) is -0.462. The van der Waals surface area contributed by atoms with Gasteiger partial charge in [-0.15, -0.1) is 0 Å². The maximum absolute atomic E-state index is 13.4. The molecule has 0 bridgehead atoms. The number of hydrogen-bond donors (Lipinski definition) is 1. The zero-order valence-corrected chi connectivity index (χ0v) is 8.04. The molecule has 2 aromatic rings. The Morgan fingerprint density at radius 1 is 1.50 bits per heavy atom. The number of aromatic nitrogens is 2. The van der Waals surface area contributed by atoms with E-state index < -0.39 is 5.82 Å². The normalized spacial score (nSPS) is 11.4. The molecule has 2 rings (SSSR count). The summed E-state index contributed by atoms with van der Waals surface area (Å²) in [5, 5.41) is 0.140. The predicted octanol–water partition coefficient (Wildman–Crippen LogP) is 2.05. The number of nitrogens with zero attached hydrogens (tertiary/aromatic N) is 1. The highest BCUT2D eigenvalue weighted by Gasteiger charge is 2.12. The number of pyridine rings is 1. The third-order valence-electron chi connectivity index (χ3n) is 2.26. The molecule has 14 heavy (non-hydrogen) atoms. The summed E-state index contributed by atoms with van der Waals surface area (Å²) in [6, 6.07) is 1.85. The monoisotopic (exact) mass is 194 g/mol. The zero-order valence-electron chi connectivity index (χ0n) is 8.04. The van der Waals surface area contributed by atoms with Gasteiger partial charge in [-0.3, -0.25) is 4.79 Å². The number of rotatable bonds is 1. The van der Waals surface area contributed by atoms with Gasteiger partial charge in [0, 0.05) is 18.4 Å². The van der Waals surface area contributed by atoms with E-state index in [9.17, 15) is 9.18 Å². The lowest BCUT2D eigenvalue weighted by atomic mass is 10.3. The molecule has 0 fully saturated rings. The van der Waals surface area contributed by atoms with Crippen molar-refractivity contribution in [1.82, 2.24) is 9.55 Å². The van der Waals surface area contributed by atoms with Crippen LogP contribution in [0.15, 0.2) is 23.3 Å². The molecule has 0 saturated heterocycles. The second kappa shape index (κ2) is 2.97. The smallest absolute Gasteiger partial charge is 0.260 e. The van der Waals surface area contributed by atoms with Crippen LogP contribution in [0.3, 0.4) is 0 Å². The topological polar surface area (TPSA) is 37.8 Å². The quantitative estimate of drug-likeness (QED) is 0.741. The highest BCUT2D eigenvalue weighted by molar-refractivity contribution is 5.79. The third kappa shape index (κ3) is 1.14. The van der Waals surface area contributed by atoms with E-state index in [-0.39, 0.29) is 17.0 Å². The summed E-state index contributed by atoms with van der Waals surface area (Å²) in [5.41, 5.74) is 0.264. The van der Waals surface area contributed by atoms with E-state index in [1.807, 2.05) is 13.8 Å². The summed E-state index contributed by atoms with van der Waals surface area (Å²) < 4.78 is 15.1. The molecule has 0 radical (unpaired) electrons. The lowest BCUT2D eigenvalue weighted by Gasteiger charge is -2.07. The minimum atomic E-state index is -0.462. The van der Waals surface area contributed by atoms with E-state index in [0.29, 0.717) is 5.52 Å². The summed E-state index contributed by atoms with van der Waals surface area (Å²) in [7, 11) is 0. The fourth-order valence-corrected chi connectivity index (χ4v) is 1.60. The van der Waals surface area contributed by atoms with Crippen molar-refractivity contribution in [2.24, 2.45) is 0 Å². The average molecular weight is 194 g/mol. The number of fused-ring (bicyclic) bond motifs is 1. The largest absolute Gasteiger partial charge is 0.342 e. The van der Waals surface area contributed by atoms with Crippen LogP contribution in [-0.2, 0) is 0 Å². The van der Waals surface area contributed by atoms with Crippen LogP contribution in [-0.4, -0.2) is 9.55 Å². The SMILES string of the molecule is CC(C)n1cc(F)c2c(=O)[nH]ccc21. The van der Waals surface area contributed by atoms with Gasteiger partial charge < -0.3 is 9.55 Å². The Balaban J connectivity index is 2.91. The molecule has 0 saturated carbocycles. The first-order valence-corrected chi connectivity index (χ1v) is 4.49. The third-order valence-corrected chi connectivity index (χ3v) is 2.26. The molecule has 0 spiro atoms. The van der Waals surface area contributed by atoms with Crippen LogP contribution in [0.4, 0.5) is 4.39 Å². The molecule has 0 unspecified atom stereocenters. The van der Waals surface area contributed by atoms with Crippen molar-refractivity contribution >= 4 is 10.9 Å². The molecule has 2 heterocycles. The molecule has 0 amide bonds. The Labute approximate surface area is 80.2 Å². The van der Waals surface area contributed by atoms with Crippen LogP contribution in [0.1, 0.15) is 19.9 Å². The Morgan fingerprint density at radius 2 is 2.21 bits per heavy atom. The average Bonchev–Trinajstić information content (AvgIpc) is 2.45. The fourth-order valence-electron chi connectivity index (χ4n) is 1.60. The predicted molar refractivity (Wildman–Crippen MR) is 52.9 cm³/mol. The summed E-state index contributed by atoms with van der Waals surface area (Å²) in [6.45, 7) is 3.89. The van der Waals surface area contributed by atoms with Crippen molar-refractivity contribution in [1.29, 1.82) is 0 Å². The van der Waals surface area contributed by atoms with E-state index in [1.165, 1.54) is 12.4 Å². The molecule has 74 valence electrons. The molecule has 4 heteroatoms. The zero-order chi connectivity index (χ0) is 10.3. The molecule has 3 nitrogen and oxygen atoms in total.